The van der Waals surface area contributed by atoms with Crippen molar-refractivity contribution in [2.75, 3.05) is 12.3 Å². The van der Waals surface area contributed by atoms with Gasteiger partial charge in [-0.15, -0.1) is 0 Å². The molecule has 0 spiro atoms. The van der Waals surface area contributed by atoms with E-state index >= 15 is 0 Å². The molecule has 1 aromatic heterocycles. The van der Waals surface area contributed by atoms with Gasteiger partial charge >= 0.3 is 0 Å². The van der Waals surface area contributed by atoms with Gasteiger partial charge in [-0.25, -0.2) is 4.98 Å². The molecule has 0 saturated carbocycles. The number of carbonyl (C=O) groups excluding carboxylic acids is 2. The summed E-state index contributed by atoms with van der Waals surface area (Å²) in [5, 5.41) is 15.1. The number of nitrogens with zero attached hydrogens (tertiary/aromatic N) is 1. The Morgan fingerprint density at radius 2 is 1.54 bits per heavy atom. The summed E-state index contributed by atoms with van der Waals surface area (Å²) in [7, 11) is 0. The van der Waals surface area contributed by atoms with Crippen LogP contribution in [-0.4, -0.2) is 28.4 Å². The van der Waals surface area contributed by atoms with E-state index in [-0.39, 0.29) is 24.2 Å². The van der Waals surface area contributed by atoms with Crippen LogP contribution >= 0.6 is 0 Å². The standard InChI is InChI=1S/C33H27N3O3/c34-32-29-8-4-7-23(28(29)13-14-35-32)18-36-33(39)22-10-12-27-25(16-22)17-24-15-21(9-11-26(24)30(27)19-37)31(38)20-5-2-1-3-6-20/h1-16,30,37H,17-19H2,(H2,34,35)(H,36,39)/t30-/m0/s1. The Bertz CT molecular complexity index is 1730. The summed E-state index contributed by atoms with van der Waals surface area (Å²) >= 11 is 0. The zero-order valence-corrected chi connectivity index (χ0v) is 21.2. The molecule has 1 aliphatic carbocycles. The molecular weight excluding hydrogens is 486 g/mol. The first-order valence-corrected chi connectivity index (χ1v) is 12.9. The molecule has 0 radical (unpaired) electrons. The summed E-state index contributed by atoms with van der Waals surface area (Å²) in [6, 6.07) is 28.2. The van der Waals surface area contributed by atoms with Crippen molar-refractivity contribution in [1.29, 1.82) is 0 Å². The highest BCUT2D eigenvalue weighted by Gasteiger charge is 2.27. The molecule has 6 nitrogen and oxygen atoms in total. The second kappa shape index (κ2) is 10.2. The van der Waals surface area contributed by atoms with E-state index in [0.717, 1.165) is 38.6 Å². The highest BCUT2D eigenvalue weighted by Crippen LogP contribution is 2.37. The Labute approximate surface area is 226 Å². The lowest BCUT2D eigenvalue weighted by Gasteiger charge is -2.28. The lowest BCUT2D eigenvalue weighted by molar-refractivity contribution is 0.0950. The SMILES string of the molecule is Nc1nccc2c(CNC(=O)c3ccc4c(c3)Cc3cc(C(=O)c5ccccc5)ccc3[C@@H]4CO)cccc12. The molecule has 4 aromatic carbocycles. The maximum atomic E-state index is 13.2. The number of nitrogen functional groups attached to an aromatic ring is 1. The largest absolute Gasteiger partial charge is 0.395 e. The van der Waals surface area contributed by atoms with Crippen LogP contribution in [0, 0.1) is 0 Å². The van der Waals surface area contributed by atoms with Crippen LogP contribution in [0.4, 0.5) is 5.82 Å². The average Bonchev–Trinajstić information content (AvgIpc) is 2.98. The van der Waals surface area contributed by atoms with Crippen molar-refractivity contribution in [2.45, 2.75) is 18.9 Å². The first kappa shape index (κ1) is 24.5. The van der Waals surface area contributed by atoms with Crippen molar-refractivity contribution in [3.63, 3.8) is 0 Å². The lowest BCUT2D eigenvalue weighted by atomic mass is 9.77. The van der Waals surface area contributed by atoms with Gasteiger partial charge in [0.2, 0.25) is 0 Å². The van der Waals surface area contributed by atoms with Gasteiger partial charge in [0.15, 0.2) is 5.78 Å². The van der Waals surface area contributed by atoms with E-state index in [1.165, 1.54) is 0 Å². The van der Waals surface area contributed by atoms with Crippen LogP contribution in [-0.2, 0) is 13.0 Å². The number of amides is 1. The molecule has 1 aliphatic rings. The molecule has 5 aromatic rings. The fourth-order valence-corrected chi connectivity index (χ4v) is 5.53. The minimum Gasteiger partial charge on any atom is -0.395 e. The highest BCUT2D eigenvalue weighted by molar-refractivity contribution is 6.09. The second-order valence-electron chi connectivity index (χ2n) is 9.83. The predicted octanol–water partition coefficient (Wildman–Crippen LogP) is 5.01. The molecule has 0 aliphatic heterocycles. The Hall–Kier alpha value is -4.81. The number of pyridine rings is 1. The fraction of sp³-hybridized carbons (Fsp3) is 0.121. The third-order valence-corrected chi connectivity index (χ3v) is 7.53. The van der Waals surface area contributed by atoms with Gasteiger partial charge in [-0.05, 0) is 63.9 Å². The number of nitrogens with one attached hydrogen (secondary N) is 1. The van der Waals surface area contributed by atoms with Gasteiger partial charge < -0.3 is 16.2 Å². The number of aromatic nitrogens is 1. The monoisotopic (exact) mass is 513 g/mol. The quantitative estimate of drug-likeness (QED) is 0.277. The summed E-state index contributed by atoms with van der Waals surface area (Å²) in [5.41, 5.74) is 12.7. The van der Waals surface area contributed by atoms with Crippen molar-refractivity contribution in [3.05, 3.63) is 142 Å². The summed E-state index contributed by atoms with van der Waals surface area (Å²) in [6.07, 6.45) is 2.24. The summed E-state index contributed by atoms with van der Waals surface area (Å²) < 4.78 is 0. The van der Waals surface area contributed by atoms with E-state index < -0.39 is 0 Å². The molecule has 1 heterocycles. The second-order valence-corrected chi connectivity index (χ2v) is 9.83. The molecule has 1 atom stereocenters. The van der Waals surface area contributed by atoms with Gasteiger partial charge in [0, 0.05) is 40.7 Å². The molecule has 0 fully saturated rings. The maximum Gasteiger partial charge on any atom is 0.251 e. The van der Waals surface area contributed by atoms with Crippen LogP contribution in [0.1, 0.15) is 60.0 Å². The topological polar surface area (TPSA) is 105 Å². The molecule has 0 bridgehead atoms. The number of anilines is 1. The smallest absolute Gasteiger partial charge is 0.251 e. The zero-order chi connectivity index (χ0) is 26.9. The Morgan fingerprint density at radius 3 is 2.28 bits per heavy atom. The van der Waals surface area contributed by atoms with Crippen LogP contribution in [0.2, 0.25) is 0 Å². The van der Waals surface area contributed by atoms with Crippen molar-refractivity contribution in [3.8, 4) is 0 Å². The Morgan fingerprint density at radius 1 is 0.821 bits per heavy atom. The lowest BCUT2D eigenvalue weighted by Crippen LogP contribution is -2.24. The highest BCUT2D eigenvalue weighted by atomic mass is 16.3. The third-order valence-electron chi connectivity index (χ3n) is 7.53. The molecule has 1 amide bonds. The van der Waals surface area contributed by atoms with Gasteiger partial charge in [-0.3, -0.25) is 9.59 Å². The number of hydrogen-bond acceptors (Lipinski definition) is 5. The fourth-order valence-electron chi connectivity index (χ4n) is 5.53. The van der Waals surface area contributed by atoms with Crippen molar-refractivity contribution >= 4 is 28.3 Å². The van der Waals surface area contributed by atoms with E-state index in [1.807, 2.05) is 84.9 Å². The van der Waals surface area contributed by atoms with Gasteiger partial charge in [-0.1, -0.05) is 66.7 Å². The van der Waals surface area contributed by atoms with Crippen LogP contribution in [0.25, 0.3) is 10.8 Å². The van der Waals surface area contributed by atoms with E-state index in [9.17, 15) is 14.7 Å². The first-order valence-electron chi connectivity index (χ1n) is 12.9. The summed E-state index contributed by atoms with van der Waals surface area (Å²) in [5.74, 6) is 0.0271. The normalized spacial score (nSPS) is 13.9. The molecule has 192 valence electrons. The minimum atomic E-state index is -0.212. The summed E-state index contributed by atoms with van der Waals surface area (Å²) in [6.45, 7) is 0.292. The Kier molecular flexibility index (Phi) is 6.39. The average molecular weight is 514 g/mol. The number of aliphatic hydroxyl groups is 1. The number of rotatable bonds is 6. The van der Waals surface area contributed by atoms with Crippen LogP contribution < -0.4 is 11.1 Å². The molecule has 39 heavy (non-hydrogen) atoms. The summed E-state index contributed by atoms with van der Waals surface area (Å²) in [4.78, 5) is 30.4. The first-order chi connectivity index (χ1) is 19.0. The number of carbonyl (C=O) groups is 2. The number of benzene rings is 4. The van der Waals surface area contributed by atoms with Crippen LogP contribution in [0.15, 0.2) is 97.2 Å². The van der Waals surface area contributed by atoms with Gasteiger partial charge in [0.05, 0.1) is 6.61 Å². The van der Waals surface area contributed by atoms with E-state index in [2.05, 4.69) is 10.3 Å². The molecule has 4 N–H and O–H groups in total. The van der Waals surface area contributed by atoms with Gasteiger partial charge in [-0.2, -0.15) is 0 Å². The molecule has 6 heteroatoms. The third kappa shape index (κ3) is 4.56. The number of aliphatic hydroxyl groups excluding tert-OH is 1. The molecule has 0 unspecified atom stereocenters. The minimum absolute atomic E-state index is 0.0381. The number of hydrogen-bond donors (Lipinski definition) is 3. The number of ketones is 1. The molecule has 6 rings (SSSR count). The van der Waals surface area contributed by atoms with Gasteiger partial charge in [0.1, 0.15) is 5.82 Å². The van der Waals surface area contributed by atoms with Crippen molar-refractivity contribution in [2.24, 2.45) is 0 Å². The molecular formula is C33H27N3O3. The van der Waals surface area contributed by atoms with E-state index in [0.29, 0.717) is 35.5 Å². The van der Waals surface area contributed by atoms with Crippen LogP contribution in [0.3, 0.4) is 0 Å². The van der Waals surface area contributed by atoms with E-state index in [1.54, 1.807) is 12.3 Å². The van der Waals surface area contributed by atoms with Crippen molar-refractivity contribution in [1.82, 2.24) is 10.3 Å². The van der Waals surface area contributed by atoms with Crippen LogP contribution in [0.5, 0.6) is 0 Å². The predicted molar refractivity (Wildman–Crippen MR) is 152 cm³/mol. The van der Waals surface area contributed by atoms with Crippen molar-refractivity contribution < 1.29 is 14.7 Å². The number of fused-ring (bicyclic) bond motifs is 3. The maximum absolute atomic E-state index is 13.2. The Balaban J connectivity index is 1.25. The molecule has 0 saturated heterocycles. The van der Waals surface area contributed by atoms with E-state index in [4.69, 9.17) is 5.73 Å². The number of nitrogens with two attached hydrogens (primary N) is 1. The zero-order valence-electron chi connectivity index (χ0n) is 21.2. The van der Waals surface area contributed by atoms with Gasteiger partial charge in [0.25, 0.3) is 5.91 Å².